The minimum atomic E-state index is 0.761. The standard InChI is InChI=1S/C24H35N3O4/c1-28-21-7-5-19(15-23(21)30-3)17-25-9-10-26-11-13-27(14-12-26)18-20-6-8-22(29-2)24(16-20)31-4/h5-8,15-16,25H,9-14,17-18H2,1-4H3. The predicted molar refractivity (Wildman–Crippen MR) is 123 cm³/mol. The molecule has 0 spiro atoms. The molecule has 0 amide bonds. The van der Waals surface area contributed by atoms with Crippen LogP contribution in [0.25, 0.3) is 0 Å². The Labute approximate surface area is 185 Å². The van der Waals surface area contributed by atoms with Crippen molar-refractivity contribution in [3.8, 4) is 23.0 Å². The van der Waals surface area contributed by atoms with Crippen molar-refractivity contribution in [3.05, 3.63) is 47.5 Å². The van der Waals surface area contributed by atoms with Gasteiger partial charge < -0.3 is 24.3 Å². The van der Waals surface area contributed by atoms with Crippen molar-refractivity contribution >= 4 is 0 Å². The van der Waals surface area contributed by atoms with Gasteiger partial charge in [-0.3, -0.25) is 9.80 Å². The van der Waals surface area contributed by atoms with E-state index in [4.69, 9.17) is 18.9 Å². The van der Waals surface area contributed by atoms with E-state index in [1.165, 1.54) is 11.1 Å². The van der Waals surface area contributed by atoms with E-state index in [0.717, 1.165) is 75.4 Å². The van der Waals surface area contributed by atoms with Gasteiger partial charge in [0.2, 0.25) is 0 Å². The fraction of sp³-hybridized carbons (Fsp3) is 0.500. The molecule has 1 fully saturated rings. The van der Waals surface area contributed by atoms with E-state index in [9.17, 15) is 0 Å². The maximum Gasteiger partial charge on any atom is 0.161 e. The molecule has 0 aromatic heterocycles. The number of hydrogen-bond donors (Lipinski definition) is 1. The van der Waals surface area contributed by atoms with Crippen molar-refractivity contribution in [1.82, 2.24) is 15.1 Å². The van der Waals surface area contributed by atoms with E-state index < -0.39 is 0 Å². The van der Waals surface area contributed by atoms with Crippen molar-refractivity contribution in [2.75, 3.05) is 67.7 Å². The van der Waals surface area contributed by atoms with E-state index in [0.29, 0.717) is 0 Å². The van der Waals surface area contributed by atoms with Gasteiger partial charge in [-0.15, -0.1) is 0 Å². The lowest BCUT2D eigenvalue weighted by atomic mass is 10.1. The van der Waals surface area contributed by atoms with Crippen molar-refractivity contribution in [1.29, 1.82) is 0 Å². The van der Waals surface area contributed by atoms with Gasteiger partial charge in [0, 0.05) is 52.4 Å². The van der Waals surface area contributed by atoms with Crippen LogP contribution < -0.4 is 24.3 Å². The van der Waals surface area contributed by atoms with Crippen LogP contribution in [0.15, 0.2) is 36.4 Å². The summed E-state index contributed by atoms with van der Waals surface area (Å²) in [5.41, 5.74) is 2.44. The van der Waals surface area contributed by atoms with Crippen molar-refractivity contribution in [2.24, 2.45) is 0 Å². The minimum Gasteiger partial charge on any atom is -0.493 e. The van der Waals surface area contributed by atoms with Gasteiger partial charge >= 0.3 is 0 Å². The van der Waals surface area contributed by atoms with Gasteiger partial charge in [0.25, 0.3) is 0 Å². The highest BCUT2D eigenvalue weighted by atomic mass is 16.5. The average Bonchev–Trinajstić information content (AvgIpc) is 2.82. The lowest BCUT2D eigenvalue weighted by molar-refractivity contribution is 0.127. The van der Waals surface area contributed by atoms with Crippen LogP contribution in [0.2, 0.25) is 0 Å². The second kappa shape index (κ2) is 11.8. The van der Waals surface area contributed by atoms with Crippen molar-refractivity contribution < 1.29 is 18.9 Å². The first-order valence-electron chi connectivity index (χ1n) is 10.7. The molecule has 0 bridgehead atoms. The highest BCUT2D eigenvalue weighted by molar-refractivity contribution is 5.43. The number of benzene rings is 2. The molecule has 1 saturated heterocycles. The zero-order chi connectivity index (χ0) is 22.1. The number of ether oxygens (including phenoxy) is 4. The summed E-state index contributed by atoms with van der Waals surface area (Å²) in [5.74, 6) is 3.10. The summed E-state index contributed by atoms with van der Waals surface area (Å²) >= 11 is 0. The third-order valence-electron chi connectivity index (χ3n) is 5.70. The molecule has 31 heavy (non-hydrogen) atoms. The fourth-order valence-electron chi connectivity index (χ4n) is 3.87. The number of nitrogens with one attached hydrogen (secondary N) is 1. The Morgan fingerprint density at radius 1 is 0.677 bits per heavy atom. The Morgan fingerprint density at radius 2 is 1.19 bits per heavy atom. The van der Waals surface area contributed by atoms with Gasteiger partial charge in [-0.2, -0.15) is 0 Å². The van der Waals surface area contributed by atoms with Crippen molar-refractivity contribution in [2.45, 2.75) is 13.1 Å². The zero-order valence-corrected chi connectivity index (χ0v) is 19.1. The summed E-state index contributed by atoms with van der Waals surface area (Å²) in [5, 5.41) is 3.53. The van der Waals surface area contributed by atoms with Gasteiger partial charge in [-0.25, -0.2) is 0 Å². The largest absolute Gasteiger partial charge is 0.493 e. The van der Waals surface area contributed by atoms with Crippen LogP contribution >= 0.6 is 0 Å². The normalized spacial score (nSPS) is 15.0. The molecule has 0 radical (unpaired) electrons. The van der Waals surface area contributed by atoms with Crippen LogP contribution in [0.1, 0.15) is 11.1 Å². The van der Waals surface area contributed by atoms with Crippen LogP contribution in [0.5, 0.6) is 23.0 Å². The Kier molecular flexibility index (Phi) is 8.82. The fourth-order valence-corrected chi connectivity index (χ4v) is 3.87. The first-order valence-corrected chi connectivity index (χ1v) is 10.7. The second-order valence-corrected chi connectivity index (χ2v) is 7.67. The molecule has 1 aliphatic heterocycles. The van der Waals surface area contributed by atoms with Crippen LogP contribution in [-0.2, 0) is 13.1 Å². The van der Waals surface area contributed by atoms with Crippen LogP contribution in [-0.4, -0.2) is 77.5 Å². The maximum absolute atomic E-state index is 5.42. The molecule has 1 N–H and O–H groups in total. The average molecular weight is 430 g/mol. The van der Waals surface area contributed by atoms with Gasteiger partial charge in [0.15, 0.2) is 23.0 Å². The molecule has 1 heterocycles. The first-order chi connectivity index (χ1) is 15.2. The molecule has 7 heteroatoms. The van der Waals surface area contributed by atoms with Crippen LogP contribution in [0.4, 0.5) is 0 Å². The van der Waals surface area contributed by atoms with Crippen molar-refractivity contribution in [3.63, 3.8) is 0 Å². The minimum absolute atomic E-state index is 0.761. The smallest absolute Gasteiger partial charge is 0.161 e. The summed E-state index contributed by atoms with van der Waals surface area (Å²) < 4.78 is 21.4. The molecule has 0 aliphatic carbocycles. The third kappa shape index (κ3) is 6.50. The number of rotatable bonds is 11. The summed E-state index contributed by atoms with van der Waals surface area (Å²) in [6, 6.07) is 12.2. The van der Waals surface area contributed by atoms with Gasteiger partial charge in [0.05, 0.1) is 28.4 Å². The summed E-state index contributed by atoms with van der Waals surface area (Å²) in [6.45, 7) is 8.09. The van der Waals surface area contributed by atoms with Crippen LogP contribution in [0, 0.1) is 0 Å². The van der Waals surface area contributed by atoms with Gasteiger partial charge in [0.1, 0.15) is 0 Å². The predicted octanol–water partition coefficient (Wildman–Crippen LogP) is 2.63. The molecule has 170 valence electrons. The first kappa shape index (κ1) is 23.2. The molecule has 2 aromatic rings. The molecule has 0 saturated carbocycles. The van der Waals surface area contributed by atoms with E-state index in [1.54, 1.807) is 28.4 Å². The highest BCUT2D eigenvalue weighted by Crippen LogP contribution is 2.28. The Hall–Kier alpha value is -2.48. The third-order valence-corrected chi connectivity index (χ3v) is 5.70. The molecule has 3 rings (SSSR count). The lowest BCUT2D eigenvalue weighted by Crippen LogP contribution is -2.47. The molecule has 7 nitrogen and oxygen atoms in total. The van der Waals surface area contributed by atoms with E-state index in [-0.39, 0.29) is 0 Å². The number of hydrogen-bond acceptors (Lipinski definition) is 7. The summed E-state index contributed by atoms with van der Waals surface area (Å²) in [6.07, 6.45) is 0. The summed E-state index contributed by atoms with van der Waals surface area (Å²) in [4.78, 5) is 5.02. The number of methoxy groups -OCH3 is 4. The quantitative estimate of drug-likeness (QED) is 0.551. The lowest BCUT2D eigenvalue weighted by Gasteiger charge is -2.34. The van der Waals surface area contributed by atoms with Gasteiger partial charge in [-0.05, 0) is 35.4 Å². The maximum atomic E-state index is 5.42. The molecular weight excluding hydrogens is 394 g/mol. The monoisotopic (exact) mass is 429 g/mol. The SMILES string of the molecule is COc1ccc(CNCCN2CCN(Cc3ccc(OC)c(OC)c3)CC2)cc1OC. The second-order valence-electron chi connectivity index (χ2n) is 7.67. The summed E-state index contributed by atoms with van der Waals surface area (Å²) in [7, 11) is 6.67. The molecule has 0 atom stereocenters. The van der Waals surface area contributed by atoms with Crippen LogP contribution in [0.3, 0.4) is 0 Å². The Bertz CT molecular complexity index is 820. The van der Waals surface area contributed by atoms with E-state index in [2.05, 4.69) is 33.3 Å². The molecular formula is C24H35N3O4. The molecule has 2 aromatic carbocycles. The highest BCUT2D eigenvalue weighted by Gasteiger charge is 2.17. The Balaban J connectivity index is 1.37. The molecule has 0 unspecified atom stereocenters. The topological polar surface area (TPSA) is 55.4 Å². The number of piperazine rings is 1. The molecule has 1 aliphatic rings. The Morgan fingerprint density at radius 3 is 1.77 bits per heavy atom. The number of nitrogens with zero attached hydrogens (tertiary/aromatic N) is 2. The van der Waals surface area contributed by atoms with E-state index >= 15 is 0 Å². The zero-order valence-electron chi connectivity index (χ0n) is 19.1. The van der Waals surface area contributed by atoms with Gasteiger partial charge in [-0.1, -0.05) is 12.1 Å². The van der Waals surface area contributed by atoms with E-state index in [1.807, 2.05) is 18.2 Å².